The lowest BCUT2D eigenvalue weighted by atomic mass is 10.0. The van der Waals surface area contributed by atoms with E-state index in [9.17, 15) is 18.0 Å². The fourth-order valence-electron chi connectivity index (χ4n) is 3.88. The van der Waals surface area contributed by atoms with Crippen LogP contribution < -0.4 is 24.3 Å². The molecule has 10 heteroatoms. The Kier molecular flexibility index (Phi) is 7.99. The van der Waals surface area contributed by atoms with E-state index >= 15 is 0 Å². The van der Waals surface area contributed by atoms with Crippen LogP contribution in [0, 0.1) is 0 Å². The monoisotopic (exact) mass is 530 g/mol. The molecule has 0 radical (unpaired) electrons. The number of ether oxygens (including phenoxy) is 4. The van der Waals surface area contributed by atoms with Crippen LogP contribution in [0.3, 0.4) is 0 Å². The van der Waals surface area contributed by atoms with Crippen LogP contribution in [-0.4, -0.2) is 35.7 Å². The van der Waals surface area contributed by atoms with Gasteiger partial charge in [-0.1, -0.05) is 12.1 Å². The van der Waals surface area contributed by atoms with E-state index < -0.39 is 17.8 Å². The summed E-state index contributed by atoms with van der Waals surface area (Å²) >= 11 is 0. The van der Waals surface area contributed by atoms with Crippen LogP contribution in [0.4, 0.5) is 13.2 Å². The summed E-state index contributed by atoms with van der Waals surface area (Å²) in [7, 11) is 0. The molecule has 0 saturated heterocycles. The maximum absolute atomic E-state index is 12.6. The highest BCUT2D eigenvalue weighted by Gasteiger charge is 2.32. The van der Waals surface area contributed by atoms with E-state index in [2.05, 4.69) is 10.3 Å². The fraction of sp³-hybridized carbons (Fsp3) is 0.357. The Hall–Kier alpha value is -3.95. The van der Waals surface area contributed by atoms with Crippen molar-refractivity contribution in [3.63, 3.8) is 0 Å². The minimum atomic E-state index is -4.46. The van der Waals surface area contributed by atoms with E-state index in [1.165, 1.54) is 0 Å². The van der Waals surface area contributed by atoms with Crippen molar-refractivity contribution >= 4 is 5.91 Å². The number of alkyl halides is 3. The molecule has 38 heavy (non-hydrogen) atoms. The van der Waals surface area contributed by atoms with E-state index in [0.29, 0.717) is 43.0 Å². The second kappa shape index (κ2) is 11.2. The number of nitrogens with one attached hydrogen (secondary N) is 1. The molecule has 1 aliphatic heterocycles. The number of nitrogens with zero attached hydrogens (tertiary/aromatic N) is 1. The average molecular weight is 531 g/mol. The number of amides is 1. The molecule has 7 nitrogen and oxygen atoms in total. The van der Waals surface area contributed by atoms with E-state index in [1.807, 2.05) is 32.0 Å². The van der Waals surface area contributed by atoms with Crippen molar-refractivity contribution in [2.45, 2.75) is 51.5 Å². The number of hydrogen-bond donors (Lipinski definition) is 1. The van der Waals surface area contributed by atoms with Gasteiger partial charge in [-0.05, 0) is 63.6 Å². The Labute approximate surface area is 218 Å². The van der Waals surface area contributed by atoms with Crippen molar-refractivity contribution in [1.82, 2.24) is 10.3 Å². The third-order valence-electron chi connectivity index (χ3n) is 5.72. The number of fused-ring (bicyclic) bond motifs is 1. The van der Waals surface area contributed by atoms with Crippen LogP contribution in [0.15, 0.2) is 60.8 Å². The predicted molar refractivity (Wildman–Crippen MR) is 134 cm³/mol. The second-order valence-corrected chi connectivity index (χ2v) is 9.49. The number of carbonyl (C=O) groups is 1. The zero-order valence-corrected chi connectivity index (χ0v) is 21.3. The lowest BCUT2D eigenvalue weighted by Crippen LogP contribution is -2.37. The van der Waals surface area contributed by atoms with E-state index in [4.69, 9.17) is 18.9 Å². The Morgan fingerprint density at radius 1 is 1.11 bits per heavy atom. The number of benzene rings is 2. The fourth-order valence-corrected chi connectivity index (χ4v) is 3.88. The number of pyridine rings is 1. The van der Waals surface area contributed by atoms with Crippen LogP contribution in [0.5, 0.6) is 28.9 Å². The van der Waals surface area contributed by atoms with Gasteiger partial charge >= 0.3 is 6.18 Å². The quantitative estimate of drug-likeness (QED) is 0.326. The first kappa shape index (κ1) is 27.1. The second-order valence-electron chi connectivity index (χ2n) is 9.49. The van der Waals surface area contributed by atoms with Gasteiger partial charge < -0.3 is 24.3 Å². The van der Waals surface area contributed by atoms with Crippen LogP contribution in [0.1, 0.15) is 38.3 Å². The van der Waals surface area contributed by atoms with Gasteiger partial charge in [0.25, 0.3) is 5.91 Å². The van der Waals surface area contributed by atoms with Gasteiger partial charge in [0.1, 0.15) is 17.1 Å². The number of rotatable bonds is 10. The Balaban J connectivity index is 1.18. The molecule has 1 aliphatic rings. The maximum atomic E-state index is 12.6. The van der Waals surface area contributed by atoms with E-state index in [1.54, 1.807) is 31.2 Å². The SMILES string of the molecule is CC(Oc1ccc(Oc2ccc(C(F)(F)F)cn2)cc1)C(=O)NCCCOc1cccc2c1OC(C)(C)C2. The molecule has 1 aromatic heterocycles. The summed E-state index contributed by atoms with van der Waals surface area (Å²) in [5.41, 5.74) is 0.0248. The molecule has 1 unspecified atom stereocenters. The van der Waals surface area contributed by atoms with Gasteiger partial charge in [-0.2, -0.15) is 13.2 Å². The summed E-state index contributed by atoms with van der Waals surface area (Å²) in [6.07, 6.45) is -3.06. The topological polar surface area (TPSA) is 78.9 Å². The largest absolute Gasteiger partial charge is 0.490 e. The molecule has 2 heterocycles. The van der Waals surface area contributed by atoms with Gasteiger partial charge in [-0.15, -0.1) is 0 Å². The summed E-state index contributed by atoms with van der Waals surface area (Å²) in [6, 6.07) is 14.2. The Morgan fingerprint density at radius 3 is 2.53 bits per heavy atom. The highest BCUT2D eigenvalue weighted by Crippen LogP contribution is 2.41. The van der Waals surface area contributed by atoms with Crippen molar-refractivity contribution in [2.75, 3.05) is 13.2 Å². The molecule has 1 N–H and O–H groups in total. The highest BCUT2D eigenvalue weighted by atomic mass is 19.4. The summed E-state index contributed by atoms with van der Waals surface area (Å²) in [5, 5.41) is 2.83. The number of aromatic nitrogens is 1. The number of para-hydroxylation sites is 1. The smallest absolute Gasteiger partial charge is 0.417 e. The molecular formula is C28H29F3N2O5. The lowest BCUT2D eigenvalue weighted by Gasteiger charge is -2.18. The Morgan fingerprint density at radius 2 is 1.84 bits per heavy atom. The molecule has 0 spiro atoms. The molecule has 1 amide bonds. The van der Waals surface area contributed by atoms with Crippen molar-refractivity contribution < 1.29 is 36.9 Å². The van der Waals surface area contributed by atoms with Crippen LogP contribution in [-0.2, 0) is 17.4 Å². The molecule has 4 rings (SSSR count). The molecular weight excluding hydrogens is 501 g/mol. The third-order valence-corrected chi connectivity index (χ3v) is 5.72. The van der Waals surface area contributed by atoms with Gasteiger partial charge in [-0.25, -0.2) is 4.98 Å². The van der Waals surface area contributed by atoms with E-state index in [0.717, 1.165) is 29.9 Å². The van der Waals surface area contributed by atoms with Crippen molar-refractivity contribution in [3.05, 3.63) is 71.9 Å². The molecule has 0 bridgehead atoms. The Bertz CT molecular complexity index is 1240. The lowest BCUT2D eigenvalue weighted by molar-refractivity contribution is -0.137. The molecule has 0 aliphatic carbocycles. The zero-order valence-electron chi connectivity index (χ0n) is 21.3. The minimum Gasteiger partial charge on any atom is -0.490 e. The number of hydrogen-bond acceptors (Lipinski definition) is 6. The summed E-state index contributed by atoms with van der Waals surface area (Å²) < 4.78 is 61.0. The van der Waals surface area contributed by atoms with E-state index in [-0.39, 0.29) is 17.4 Å². The van der Waals surface area contributed by atoms with Crippen LogP contribution >= 0.6 is 0 Å². The maximum Gasteiger partial charge on any atom is 0.417 e. The first-order valence-electron chi connectivity index (χ1n) is 12.2. The standard InChI is InChI=1S/C28H29F3N2O5/c1-18(26(34)32-14-5-15-35-23-7-4-6-19-16-27(2,3)38-25(19)23)36-21-9-11-22(12-10-21)37-24-13-8-20(17-33-24)28(29,30)31/h4,6-13,17-18H,5,14-16H2,1-3H3,(H,32,34). The van der Waals surface area contributed by atoms with Gasteiger partial charge in [0.05, 0.1) is 12.2 Å². The molecule has 202 valence electrons. The van der Waals surface area contributed by atoms with Crippen molar-refractivity contribution in [1.29, 1.82) is 0 Å². The molecule has 3 aromatic rings. The van der Waals surface area contributed by atoms with Crippen molar-refractivity contribution in [3.8, 4) is 28.9 Å². The molecule has 2 aromatic carbocycles. The first-order chi connectivity index (χ1) is 18.0. The van der Waals surface area contributed by atoms with Crippen LogP contribution in [0.2, 0.25) is 0 Å². The summed E-state index contributed by atoms with van der Waals surface area (Å²) in [5.74, 6) is 2.04. The average Bonchev–Trinajstić information content (AvgIpc) is 3.19. The highest BCUT2D eigenvalue weighted by molar-refractivity contribution is 5.80. The summed E-state index contributed by atoms with van der Waals surface area (Å²) in [4.78, 5) is 16.1. The zero-order chi connectivity index (χ0) is 27.3. The third kappa shape index (κ3) is 7.08. The van der Waals surface area contributed by atoms with Gasteiger partial charge in [0.2, 0.25) is 5.88 Å². The van der Waals surface area contributed by atoms with Gasteiger partial charge in [0, 0.05) is 30.8 Å². The predicted octanol–water partition coefficient (Wildman–Crippen LogP) is 5.96. The van der Waals surface area contributed by atoms with Gasteiger partial charge in [-0.3, -0.25) is 4.79 Å². The molecule has 0 saturated carbocycles. The summed E-state index contributed by atoms with van der Waals surface area (Å²) in [6.45, 7) is 6.55. The van der Waals surface area contributed by atoms with Gasteiger partial charge in [0.15, 0.2) is 17.6 Å². The van der Waals surface area contributed by atoms with Crippen molar-refractivity contribution in [2.24, 2.45) is 0 Å². The molecule has 0 fully saturated rings. The first-order valence-corrected chi connectivity index (χ1v) is 12.2. The number of carbonyl (C=O) groups excluding carboxylic acids is 1. The number of halogens is 3. The minimum absolute atomic E-state index is 0.0245. The molecule has 1 atom stereocenters. The van der Waals surface area contributed by atoms with Crippen LogP contribution in [0.25, 0.3) is 0 Å². The normalized spacial score (nSPS) is 14.7.